The zero-order valence-corrected chi connectivity index (χ0v) is 14.7. The monoisotopic (exact) mass is 350 g/mol. The Morgan fingerprint density at radius 2 is 2.20 bits per heavy atom. The number of hydrogen-bond donors (Lipinski definition) is 1. The summed E-state index contributed by atoms with van der Waals surface area (Å²) in [6.07, 6.45) is 6.50. The van der Waals surface area contributed by atoms with Crippen molar-refractivity contribution in [2.75, 3.05) is 0 Å². The number of hydrazone groups is 1. The van der Waals surface area contributed by atoms with Crippen LogP contribution in [0.1, 0.15) is 39.2 Å². The molecule has 1 aliphatic rings. The summed E-state index contributed by atoms with van der Waals surface area (Å²) in [5, 5.41) is 4.03. The van der Waals surface area contributed by atoms with E-state index >= 15 is 0 Å². The van der Waals surface area contributed by atoms with Gasteiger partial charge in [0, 0.05) is 4.88 Å². The van der Waals surface area contributed by atoms with Gasteiger partial charge in [0.15, 0.2) is 0 Å². The van der Waals surface area contributed by atoms with Gasteiger partial charge in [-0.05, 0) is 48.9 Å². The SMILES string of the molecule is C[C@H]1CCc2sc(C(=O)N/N=C\c3cnc4ccccc4n3)cc2C1. The number of rotatable bonds is 3. The van der Waals surface area contributed by atoms with Crippen LogP contribution in [0.15, 0.2) is 41.6 Å². The lowest BCUT2D eigenvalue weighted by Gasteiger charge is -2.16. The molecule has 0 radical (unpaired) electrons. The van der Waals surface area contributed by atoms with Crippen molar-refractivity contribution >= 4 is 34.5 Å². The van der Waals surface area contributed by atoms with E-state index in [1.165, 1.54) is 23.1 Å². The fourth-order valence-corrected chi connectivity index (χ4v) is 4.16. The minimum atomic E-state index is -0.169. The number of aromatic nitrogens is 2. The molecule has 0 aliphatic heterocycles. The van der Waals surface area contributed by atoms with Crippen LogP contribution >= 0.6 is 11.3 Å². The number of amides is 1. The topological polar surface area (TPSA) is 67.2 Å². The zero-order chi connectivity index (χ0) is 17.2. The van der Waals surface area contributed by atoms with Gasteiger partial charge in [0.05, 0.1) is 28.3 Å². The van der Waals surface area contributed by atoms with Crippen molar-refractivity contribution in [1.29, 1.82) is 0 Å². The Kier molecular flexibility index (Phi) is 4.28. The second kappa shape index (κ2) is 6.72. The van der Waals surface area contributed by atoms with E-state index in [9.17, 15) is 4.79 Å². The number of benzene rings is 1. The fourth-order valence-electron chi connectivity index (χ4n) is 3.06. The molecule has 126 valence electrons. The van der Waals surface area contributed by atoms with E-state index < -0.39 is 0 Å². The van der Waals surface area contributed by atoms with Crippen LogP contribution in [0.3, 0.4) is 0 Å². The fraction of sp³-hybridized carbons (Fsp3) is 0.263. The van der Waals surface area contributed by atoms with Gasteiger partial charge in [-0.1, -0.05) is 19.1 Å². The molecule has 0 bridgehead atoms. The van der Waals surface area contributed by atoms with E-state index in [1.807, 2.05) is 30.3 Å². The maximum absolute atomic E-state index is 12.3. The van der Waals surface area contributed by atoms with Gasteiger partial charge in [0.2, 0.25) is 0 Å². The molecule has 3 aromatic rings. The van der Waals surface area contributed by atoms with Crippen LogP contribution in [0.2, 0.25) is 0 Å². The molecule has 6 heteroatoms. The summed E-state index contributed by atoms with van der Waals surface area (Å²) in [6, 6.07) is 9.65. The molecule has 2 aromatic heterocycles. The maximum atomic E-state index is 12.3. The molecule has 0 spiro atoms. The average molecular weight is 350 g/mol. The molecular formula is C19H18N4OS. The third kappa shape index (κ3) is 3.44. The lowest BCUT2D eigenvalue weighted by Crippen LogP contribution is -2.16. The van der Waals surface area contributed by atoms with E-state index in [2.05, 4.69) is 27.4 Å². The van der Waals surface area contributed by atoms with Gasteiger partial charge in [0.25, 0.3) is 5.91 Å². The highest BCUT2D eigenvalue weighted by Crippen LogP contribution is 2.32. The molecule has 0 saturated heterocycles. The molecule has 0 fully saturated rings. The minimum absolute atomic E-state index is 0.169. The lowest BCUT2D eigenvalue weighted by atomic mass is 9.90. The van der Waals surface area contributed by atoms with Crippen LogP contribution in [-0.2, 0) is 12.8 Å². The van der Waals surface area contributed by atoms with Gasteiger partial charge in [-0.3, -0.25) is 9.78 Å². The summed E-state index contributed by atoms with van der Waals surface area (Å²) < 4.78 is 0. The second-order valence-electron chi connectivity index (χ2n) is 6.39. The predicted octanol–water partition coefficient (Wildman–Crippen LogP) is 3.58. The number of carbonyl (C=O) groups excluding carboxylic acids is 1. The van der Waals surface area contributed by atoms with E-state index in [-0.39, 0.29) is 5.91 Å². The molecule has 1 N–H and O–H groups in total. The number of nitrogens with one attached hydrogen (secondary N) is 1. The van der Waals surface area contributed by atoms with Gasteiger partial charge in [-0.15, -0.1) is 11.3 Å². The van der Waals surface area contributed by atoms with Gasteiger partial charge in [-0.25, -0.2) is 10.4 Å². The Bertz CT molecular complexity index is 963. The van der Waals surface area contributed by atoms with Crippen molar-refractivity contribution < 1.29 is 4.79 Å². The van der Waals surface area contributed by atoms with Crippen molar-refractivity contribution in [1.82, 2.24) is 15.4 Å². The summed E-state index contributed by atoms with van der Waals surface area (Å²) in [5.74, 6) is 0.527. The smallest absolute Gasteiger partial charge is 0.266 e. The predicted molar refractivity (Wildman–Crippen MR) is 100 cm³/mol. The molecule has 25 heavy (non-hydrogen) atoms. The first-order valence-corrected chi connectivity index (χ1v) is 9.17. The van der Waals surface area contributed by atoms with Crippen LogP contribution in [0.4, 0.5) is 0 Å². The van der Waals surface area contributed by atoms with Gasteiger partial charge >= 0.3 is 0 Å². The molecule has 1 aromatic carbocycles. The third-order valence-corrected chi connectivity index (χ3v) is 5.62. The van der Waals surface area contributed by atoms with E-state index in [1.54, 1.807) is 17.5 Å². The molecule has 4 rings (SSSR count). The number of para-hydroxylation sites is 2. The van der Waals surface area contributed by atoms with Crippen molar-refractivity contribution in [3.8, 4) is 0 Å². The van der Waals surface area contributed by atoms with E-state index in [0.29, 0.717) is 11.6 Å². The molecule has 1 aliphatic carbocycles. The summed E-state index contributed by atoms with van der Waals surface area (Å²) in [6.45, 7) is 2.26. The molecule has 5 nitrogen and oxygen atoms in total. The van der Waals surface area contributed by atoms with Crippen LogP contribution in [0.25, 0.3) is 11.0 Å². The summed E-state index contributed by atoms with van der Waals surface area (Å²) in [5.41, 5.74) is 6.16. The summed E-state index contributed by atoms with van der Waals surface area (Å²) in [7, 11) is 0. The largest absolute Gasteiger partial charge is 0.281 e. The molecular weight excluding hydrogens is 332 g/mol. The highest BCUT2D eigenvalue weighted by atomic mass is 32.1. The molecule has 2 heterocycles. The molecule has 0 unspecified atom stereocenters. The van der Waals surface area contributed by atoms with Crippen LogP contribution in [0.5, 0.6) is 0 Å². The number of nitrogens with zero attached hydrogens (tertiary/aromatic N) is 3. The van der Waals surface area contributed by atoms with E-state index in [0.717, 1.165) is 28.8 Å². The Labute approximate surface area is 149 Å². The quantitative estimate of drug-likeness (QED) is 0.580. The number of fused-ring (bicyclic) bond motifs is 2. The van der Waals surface area contributed by atoms with Crippen molar-refractivity contribution in [3.63, 3.8) is 0 Å². The van der Waals surface area contributed by atoms with Gasteiger partial charge < -0.3 is 0 Å². The molecule has 1 atom stereocenters. The Morgan fingerprint density at radius 1 is 1.36 bits per heavy atom. The number of carbonyl (C=O) groups is 1. The number of aryl methyl sites for hydroxylation is 1. The first kappa shape index (κ1) is 15.9. The Morgan fingerprint density at radius 3 is 3.08 bits per heavy atom. The average Bonchev–Trinajstić information content (AvgIpc) is 3.05. The number of hydrogen-bond acceptors (Lipinski definition) is 5. The van der Waals surface area contributed by atoms with Crippen LogP contribution in [0, 0.1) is 5.92 Å². The Hall–Kier alpha value is -2.60. The van der Waals surface area contributed by atoms with Crippen molar-refractivity contribution in [3.05, 3.63) is 57.5 Å². The second-order valence-corrected chi connectivity index (χ2v) is 7.53. The normalized spacial score (nSPS) is 16.9. The maximum Gasteiger partial charge on any atom is 0.281 e. The first-order chi connectivity index (χ1) is 12.2. The summed E-state index contributed by atoms with van der Waals surface area (Å²) >= 11 is 1.58. The highest BCUT2D eigenvalue weighted by Gasteiger charge is 2.20. The van der Waals surface area contributed by atoms with Crippen LogP contribution < -0.4 is 5.43 Å². The van der Waals surface area contributed by atoms with Gasteiger partial charge in [-0.2, -0.15) is 5.10 Å². The molecule has 1 amide bonds. The van der Waals surface area contributed by atoms with Crippen LogP contribution in [-0.4, -0.2) is 22.1 Å². The molecule has 0 saturated carbocycles. The highest BCUT2D eigenvalue weighted by molar-refractivity contribution is 7.14. The zero-order valence-electron chi connectivity index (χ0n) is 13.9. The van der Waals surface area contributed by atoms with Crippen molar-refractivity contribution in [2.45, 2.75) is 26.2 Å². The standard InChI is InChI=1S/C19H18N4OS/c1-12-6-7-17-13(8-12)9-18(25-17)19(24)23-21-11-14-10-20-15-4-2-3-5-16(15)22-14/h2-5,9-12H,6-8H2,1H3,(H,23,24)/b21-11-/t12-/m0/s1. The first-order valence-electron chi connectivity index (χ1n) is 8.36. The van der Waals surface area contributed by atoms with Gasteiger partial charge in [0.1, 0.15) is 5.69 Å². The Balaban J connectivity index is 1.45. The summed E-state index contributed by atoms with van der Waals surface area (Å²) in [4.78, 5) is 23.1. The minimum Gasteiger partial charge on any atom is -0.266 e. The number of thiophene rings is 1. The van der Waals surface area contributed by atoms with Crippen molar-refractivity contribution in [2.24, 2.45) is 11.0 Å². The lowest BCUT2D eigenvalue weighted by molar-refractivity contribution is 0.0959. The third-order valence-electron chi connectivity index (χ3n) is 4.38. The van der Waals surface area contributed by atoms with E-state index in [4.69, 9.17) is 0 Å².